The summed E-state index contributed by atoms with van der Waals surface area (Å²) < 4.78 is 221. The molecule has 464 valence electrons. The quantitative estimate of drug-likeness (QED) is 0.0961. The van der Waals surface area contributed by atoms with Gasteiger partial charge in [0, 0.05) is 74.4 Å². The van der Waals surface area contributed by atoms with Crippen molar-refractivity contribution in [1.29, 1.82) is 0 Å². The lowest BCUT2D eigenvalue weighted by Gasteiger charge is -2.09. The fraction of sp³-hybridized carbons (Fsp3) is 0.265. The maximum atomic E-state index is 13.3. The van der Waals surface area contributed by atoms with Gasteiger partial charge in [-0.05, 0) is 75.4 Å². The van der Waals surface area contributed by atoms with Crippen molar-refractivity contribution in [3.63, 3.8) is 0 Å². The van der Waals surface area contributed by atoms with E-state index in [9.17, 15) is 84.1 Å². The van der Waals surface area contributed by atoms with Crippen molar-refractivity contribution in [2.45, 2.75) is 57.4 Å². The third-order valence-corrected chi connectivity index (χ3v) is 11.2. The molecule has 21 nitrogen and oxygen atoms in total. The molecular weight excluding hydrogens is 1230 g/mol. The van der Waals surface area contributed by atoms with Gasteiger partial charge >= 0.3 is 18.5 Å². The molecule has 0 aliphatic rings. The minimum Gasteiger partial charge on any atom is -0.339 e. The first-order chi connectivity index (χ1) is 40.6. The molecule has 87 heavy (non-hydrogen) atoms. The molecule has 0 spiro atoms. The number of aromatic nitrogens is 12. The molecule has 3 atom stereocenters. The van der Waals surface area contributed by atoms with Gasteiger partial charge in [0.2, 0.25) is 35.1 Å². The highest BCUT2D eigenvalue weighted by atomic mass is 32.2. The summed E-state index contributed by atoms with van der Waals surface area (Å²) >= 11 is 0.250. The molecule has 0 aliphatic carbocycles. The van der Waals surface area contributed by atoms with Crippen LogP contribution in [-0.2, 0) is 39.7 Å². The summed E-state index contributed by atoms with van der Waals surface area (Å²) in [6.07, 6.45) is -12.7. The monoisotopic (exact) mass is 1270 g/mol. The number of rotatable bonds is 12. The highest BCUT2D eigenvalue weighted by molar-refractivity contribution is 7.93. The molecule has 0 aliphatic heterocycles. The first-order valence-electron chi connectivity index (χ1n) is 23.9. The van der Waals surface area contributed by atoms with E-state index >= 15 is 0 Å². The molecule has 1 unspecified atom stereocenters. The number of halogens is 16. The van der Waals surface area contributed by atoms with Crippen molar-refractivity contribution in [2.24, 2.45) is 21.1 Å². The zero-order valence-corrected chi connectivity index (χ0v) is 45.7. The van der Waals surface area contributed by atoms with Crippen LogP contribution in [0, 0.1) is 34.9 Å². The summed E-state index contributed by atoms with van der Waals surface area (Å²) in [4.78, 5) is 48.6. The molecule has 38 heteroatoms. The predicted octanol–water partition coefficient (Wildman–Crippen LogP) is 11.0. The number of amides is 3. The SMILES string of the molecule is CC(NC(=O)c1cc(C(F)(F)F)nn1C)c1nc(-c2ccc(F)c(F)c2)no1.CSF.C[C@@H](NC(=O)c1cc(C(F)(F)F)nn1C)c1nc(-c2ccc(F)c(F)c2)no1.C[C@H](NC(=O)c1cc(C(F)(F)F)nn1C)c1nc(-c2ccc(F)c(F)c2)no1. The van der Waals surface area contributed by atoms with E-state index in [2.05, 4.69) is 61.7 Å². The highest BCUT2D eigenvalue weighted by Crippen LogP contribution is 2.32. The number of carbonyl (C=O) groups is 3. The summed E-state index contributed by atoms with van der Waals surface area (Å²) in [5, 5.41) is 27.8. The Morgan fingerprint density at radius 3 is 0.862 bits per heavy atom. The zero-order valence-electron chi connectivity index (χ0n) is 44.9. The van der Waals surface area contributed by atoms with Gasteiger partial charge in [-0.3, -0.25) is 28.4 Å². The van der Waals surface area contributed by atoms with E-state index in [1.807, 2.05) is 0 Å². The number of aryl methyl sites for hydroxylation is 3. The van der Waals surface area contributed by atoms with E-state index in [4.69, 9.17) is 13.6 Å². The topological polar surface area (TPSA) is 258 Å². The molecule has 0 bridgehead atoms. The summed E-state index contributed by atoms with van der Waals surface area (Å²) in [6, 6.07) is 8.26. The van der Waals surface area contributed by atoms with Gasteiger partial charge in [0.05, 0.1) is 0 Å². The molecule has 0 fully saturated rings. The standard InChI is InChI=1S/3C16H12F5N5O2.CH3FS/c3*1-7(22-14(27)11-6-12(16(19,20)21)24-26(11)2)15-23-13(25-28-15)8-3-4-9(17)10(18)5-8;1-3-2/h3*3-7H,1-2H3,(H,22,27);1H3/t2*7-;;/m10../s1. The molecule has 9 aromatic rings. The Balaban J connectivity index is 0.000000204. The average Bonchev–Trinajstić information content (AvgIpc) is 3.01. The largest absolute Gasteiger partial charge is 0.435 e. The second kappa shape index (κ2) is 27.2. The first kappa shape index (κ1) is 66.5. The maximum Gasteiger partial charge on any atom is 0.435 e. The minimum absolute atomic E-state index is 0.0464. The number of hydrogen-bond donors (Lipinski definition) is 3. The van der Waals surface area contributed by atoms with Crippen molar-refractivity contribution < 1.29 is 97.7 Å². The van der Waals surface area contributed by atoms with Crippen molar-refractivity contribution in [1.82, 2.24) is 75.7 Å². The van der Waals surface area contributed by atoms with E-state index < -0.39 is 106 Å². The van der Waals surface area contributed by atoms with Gasteiger partial charge in [0.15, 0.2) is 52.0 Å². The van der Waals surface area contributed by atoms with E-state index in [-0.39, 0.29) is 81.1 Å². The van der Waals surface area contributed by atoms with Gasteiger partial charge in [0.1, 0.15) is 35.2 Å². The molecule has 0 radical (unpaired) electrons. The van der Waals surface area contributed by atoms with Gasteiger partial charge in [-0.25, -0.2) is 26.3 Å². The van der Waals surface area contributed by atoms with Gasteiger partial charge in [-0.2, -0.15) is 73.6 Å². The van der Waals surface area contributed by atoms with Crippen LogP contribution in [0.2, 0.25) is 0 Å². The summed E-state index contributed by atoms with van der Waals surface area (Å²) in [6.45, 7) is 4.38. The Morgan fingerprint density at radius 1 is 0.437 bits per heavy atom. The number of benzene rings is 3. The molecule has 3 amide bonds. The molecular formula is C49H39F16N15O6S. The van der Waals surface area contributed by atoms with Crippen molar-refractivity contribution in [3.8, 4) is 34.2 Å². The number of nitrogens with zero attached hydrogens (tertiary/aromatic N) is 12. The molecule has 0 saturated heterocycles. The molecule has 6 aromatic heterocycles. The Hall–Kier alpha value is -9.65. The van der Waals surface area contributed by atoms with Crippen molar-refractivity contribution >= 4 is 29.9 Å². The van der Waals surface area contributed by atoms with E-state index in [0.29, 0.717) is 18.2 Å². The molecule has 0 saturated carbocycles. The third-order valence-electron chi connectivity index (χ3n) is 11.2. The van der Waals surface area contributed by atoms with Crippen LogP contribution in [0.5, 0.6) is 0 Å². The zero-order chi connectivity index (χ0) is 64.6. The summed E-state index contributed by atoms with van der Waals surface area (Å²) in [5.41, 5.74) is -4.13. The lowest BCUT2D eigenvalue weighted by molar-refractivity contribution is -0.142. The smallest absolute Gasteiger partial charge is 0.339 e. The molecule has 6 heterocycles. The average molecular weight is 1270 g/mol. The first-order valence-corrected chi connectivity index (χ1v) is 25.0. The summed E-state index contributed by atoms with van der Waals surface area (Å²) in [5.74, 6) is -9.30. The van der Waals surface area contributed by atoms with Crippen LogP contribution in [0.25, 0.3) is 34.2 Å². The van der Waals surface area contributed by atoms with Crippen molar-refractivity contribution in [2.75, 3.05) is 6.26 Å². The Kier molecular flexibility index (Phi) is 20.8. The van der Waals surface area contributed by atoms with E-state index in [1.165, 1.54) is 66.4 Å². The Bertz CT molecular complexity index is 3500. The fourth-order valence-corrected chi connectivity index (χ4v) is 6.94. The number of carbonyl (C=O) groups excluding carboxylic acids is 3. The van der Waals surface area contributed by atoms with Crippen LogP contribution in [0.4, 0.5) is 69.7 Å². The maximum absolute atomic E-state index is 13.3. The van der Waals surface area contributed by atoms with Gasteiger partial charge < -0.3 is 29.5 Å². The van der Waals surface area contributed by atoms with Crippen LogP contribution >= 0.6 is 12.1 Å². The van der Waals surface area contributed by atoms with Crippen LogP contribution < -0.4 is 16.0 Å². The normalized spacial score (nSPS) is 12.6. The predicted molar refractivity (Wildman–Crippen MR) is 266 cm³/mol. The Labute approximate surface area is 480 Å². The fourth-order valence-electron chi connectivity index (χ4n) is 6.94. The number of alkyl halides is 9. The van der Waals surface area contributed by atoms with E-state index in [0.717, 1.165) is 50.4 Å². The lowest BCUT2D eigenvalue weighted by atomic mass is 10.2. The molecule has 3 N–H and O–H groups in total. The van der Waals surface area contributed by atoms with Crippen LogP contribution in [0.15, 0.2) is 86.4 Å². The second-order valence-electron chi connectivity index (χ2n) is 17.6. The summed E-state index contributed by atoms with van der Waals surface area (Å²) in [7, 11) is 3.59. The van der Waals surface area contributed by atoms with Crippen LogP contribution in [-0.4, -0.2) is 83.7 Å². The molecule has 9 rings (SSSR count). The highest BCUT2D eigenvalue weighted by Gasteiger charge is 2.38. The minimum atomic E-state index is -4.69. The van der Waals surface area contributed by atoms with Crippen LogP contribution in [0.1, 0.15) is 105 Å². The Morgan fingerprint density at radius 2 is 0.667 bits per heavy atom. The van der Waals surface area contributed by atoms with Gasteiger partial charge in [0.25, 0.3) is 17.7 Å². The van der Waals surface area contributed by atoms with Gasteiger partial charge in [-0.1, -0.05) is 15.5 Å². The number of hydrogen-bond acceptors (Lipinski definition) is 16. The van der Waals surface area contributed by atoms with E-state index in [1.54, 1.807) is 0 Å². The third kappa shape index (κ3) is 16.8. The second-order valence-corrected chi connectivity index (χ2v) is 17.9. The number of nitrogens with one attached hydrogen (secondary N) is 3. The van der Waals surface area contributed by atoms with Crippen LogP contribution in [0.3, 0.4) is 0 Å². The van der Waals surface area contributed by atoms with Gasteiger partial charge in [-0.15, -0.1) is 0 Å². The van der Waals surface area contributed by atoms with Crippen molar-refractivity contribution in [3.05, 3.63) is 160 Å². The molecule has 3 aromatic carbocycles. The lowest BCUT2D eigenvalue weighted by Crippen LogP contribution is -2.28.